The standard InChI is InChI=1S/C10H10BrClN2O.C7H4BrClN2/c1-15-5-4-14-6-7-9(13-14)3-2-8(11)10(7)12;8-5-1-2-6-4(7(5)9)3-10-11-6/h2-3,6H,4-5H2,1H3;1-3H,(H,10,11). The Morgan fingerprint density at radius 1 is 1.08 bits per heavy atom. The maximum absolute atomic E-state index is 6.14. The number of halogens is 4. The molecule has 1 N–H and O–H groups in total. The van der Waals surface area contributed by atoms with Crippen LogP contribution in [0.3, 0.4) is 0 Å². The summed E-state index contributed by atoms with van der Waals surface area (Å²) in [5, 5.41) is 14.4. The molecular formula is C17H14Br2Cl2N4O. The first kappa shape index (κ1) is 19.6. The summed E-state index contributed by atoms with van der Waals surface area (Å²) in [6.45, 7) is 1.38. The Bertz CT molecular complexity index is 1050. The van der Waals surface area contributed by atoms with Crippen LogP contribution in [-0.4, -0.2) is 33.7 Å². The molecule has 2 aromatic heterocycles. The van der Waals surface area contributed by atoms with Gasteiger partial charge >= 0.3 is 0 Å². The fraction of sp³-hybridized carbons (Fsp3) is 0.176. The molecule has 0 saturated heterocycles. The van der Waals surface area contributed by atoms with Crippen molar-refractivity contribution in [3.05, 3.63) is 55.6 Å². The number of benzene rings is 2. The molecule has 0 aliphatic rings. The Morgan fingerprint density at radius 3 is 2.50 bits per heavy atom. The van der Waals surface area contributed by atoms with Gasteiger partial charge in [-0.05, 0) is 56.1 Å². The van der Waals surface area contributed by atoms with Gasteiger partial charge in [-0.2, -0.15) is 10.2 Å². The minimum atomic E-state index is 0.646. The van der Waals surface area contributed by atoms with Gasteiger partial charge in [-0.3, -0.25) is 9.78 Å². The first-order chi connectivity index (χ1) is 12.5. The second-order valence-corrected chi connectivity index (χ2v) is 7.84. The second kappa shape index (κ2) is 8.71. The number of H-pyrrole nitrogens is 1. The van der Waals surface area contributed by atoms with E-state index in [2.05, 4.69) is 47.2 Å². The topological polar surface area (TPSA) is 55.7 Å². The van der Waals surface area contributed by atoms with Crippen molar-refractivity contribution in [1.82, 2.24) is 20.0 Å². The summed E-state index contributed by atoms with van der Waals surface area (Å²) in [7, 11) is 1.67. The molecule has 136 valence electrons. The summed E-state index contributed by atoms with van der Waals surface area (Å²) in [4.78, 5) is 0. The zero-order valence-corrected chi connectivity index (χ0v) is 18.3. The van der Waals surface area contributed by atoms with Gasteiger partial charge in [-0.15, -0.1) is 0 Å². The molecular weight excluding hydrogens is 507 g/mol. The number of hydrogen-bond acceptors (Lipinski definition) is 3. The molecule has 0 bridgehead atoms. The normalized spacial score (nSPS) is 11.0. The van der Waals surface area contributed by atoms with Crippen LogP contribution in [0.4, 0.5) is 0 Å². The molecule has 5 nitrogen and oxygen atoms in total. The number of methoxy groups -OCH3 is 1. The van der Waals surface area contributed by atoms with E-state index in [-0.39, 0.29) is 0 Å². The van der Waals surface area contributed by atoms with Crippen molar-refractivity contribution in [1.29, 1.82) is 0 Å². The highest BCUT2D eigenvalue weighted by Gasteiger charge is 2.07. The fourth-order valence-electron chi connectivity index (χ4n) is 2.34. The Labute approximate surface area is 176 Å². The van der Waals surface area contributed by atoms with Crippen LogP contribution < -0.4 is 0 Å². The summed E-state index contributed by atoms with van der Waals surface area (Å²) in [6.07, 6.45) is 3.64. The Hall–Kier alpha value is -1.12. The van der Waals surface area contributed by atoms with Gasteiger partial charge in [0.2, 0.25) is 0 Å². The first-order valence-corrected chi connectivity index (χ1v) is 9.92. The zero-order valence-electron chi connectivity index (χ0n) is 13.6. The minimum absolute atomic E-state index is 0.646. The number of aromatic amines is 1. The molecule has 0 radical (unpaired) electrons. The lowest BCUT2D eigenvalue weighted by molar-refractivity contribution is 0.184. The van der Waals surface area contributed by atoms with Crippen LogP contribution in [0.15, 0.2) is 45.6 Å². The van der Waals surface area contributed by atoms with Crippen LogP contribution in [0.25, 0.3) is 21.8 Å². The van der Waals surface area contributed by atoms with Crippen molar-refractivity contribution in [2.24, 2.45) is 0 Å². The minimum Gasteiger partial charge on any atom is -0.383 e. The van der Waals surface area contributed by atoms with Crippen molar-refractivity contribution in [3.63, 3.8) is 0 Å². The van der Waals surface area contributed by atoms with E-state index in [4.69, 9.17) is 27.9 Å². The number of hydrogen-bond donors (Lipinski definition) is 1. The Balaban J connectivity index is 0.000000158. The highest BCUT2D eigenvalue weighted by atomic mass is 79.9. The average molecular weight is 521 g/mol. The Kier molecular flexibility index (Phi) is 6.58. The monoisotopic (exact) mass is 518 g/mol. The smallest absolute Gasteiger partial charge is 0.0939 e. The van der Waals surface area contributed by atoms with Crippen molar-refractivity contribution in [3.8, 4) is 0 Å². The third-order valence-corrected chi connectivity index (χ3v) is 6.25. The molecule has 4 rings (SSSR count). The molecule has 2 aromatic carbocycles. The van der Waals surface area contributed by atoms with Crippen molar-refractivity contribution < 1.29 is 4.74 Å². The number of nitrogens with zero attached hydrogens (tertiary/aromatic N) is 3. The number of fused-ring (bicyclic) bond motifs is 2. The average Bonchev–Trinajstić information content (AvgIpc) is 3.27. The fourth-order valence-corrected chi connectivity index (χ4v) is 3.45. The number of rotatable bonds is 3. The van der Waals surface area contributed by atoms with Gasteiger partial charge in [-0.1, -0.05) is 23.2 Å². The highest BCUT2D eigenvalue weighted by Crippen LogP contribution is 2.30. The molecule has 26 heavy (non-hydrogen) atoms. The lowest BCUT2D eigenvalue weighted by atomic mass is 10.3. The van der Waals surface area contributed by atoms with Gasteiger partial charge in [0.1, 0.15) is 0 Å². The third-order valence-electron chi connectivity index (χ3n) is 3.66. The van der Waals surface area contributed by atoms with Crippen LogP contribution in [-0.2, 0) is 11.3 Å². The first-order valence-electron chi connectivity index (χ1n) is 7.58. The van der Waals surface area contributed by atoms with Crippen LogP contribution in [0.2, 0.25) is 10.0 Å². The quantitative estimate of drug-likeness (QED) is 0.356. The van der Waals surface area contributed by atoms with E-state index in [1.165, 1.54) is 0 Å². The molecule has 9 heteroatoms. The zero-order chi connectivity index (χ0) is 18.7. The second-order valence-electron chi connectivity index (χ2n) is 5.37. The molecule has 0 aliphatic heterocycles. The highest BCUT2D eigenvalue weighted by molar-refractivity contribution is 9.10. The molecule has 4 aromatic rings. The molecule has 0 spiro atoms. The molecule has 0 atom stereocenters. The van der Waals surface area contributed by atoms with Crippen LogP contribution in [0.1, 0.15) is 0 Å². The lowest BCUT2D eigenvalue weighted by Crippen LogP contribution is -2.03. The molecule has 0 fully saturated rings. The van der Waals surface area contributed by atoms with E-state index >= 15 is 0 Å². The number of aromatic nitrogens is 4. The maximum atomic E-state index is 6.14. The van der Waals surface area contributed by atoms with Gasteiger partial charge in [0.05, 0.1) is 40.4 Å². The summed E-state index contributed by atoms with van der Waals surface area (Å²) in [5.41, 5.74) is 1.86. The van der Waals surface area contributed by atoms with Gasteiger partial charge in [0.25, 0.3) is 0 Å². The summed E-state index contributed by atoms with van der Waals surface area (Å²) in [5.74, 6) is 0. The van der Waals surface area contributed by atoms with E-state index < -0.39 is 0 Å². The molecule has 0 amide bonds. The summed E-state index contributed by atoms with van der Waals surface area (Å²) in [6, 6.07) is 7.66. The van der Waals surface area contributed by atoms with Crippen LogP contribution in [0.5, 0.6) is 0 Å². The van der Waals surface area contributed by atoms with Gasteiger partial charge < -0.3 is 4.74 Å². The van der Waals surface area contributed by atoms with Gasteiger partial charge in [0, 0.05) is 33.0 Å². The lowest BCUT2D eigenvalue weighted by Gasteiger charge is -1.97. The maximum Gasteiger partial charge on any atom is 0.0939 e. The molecule has 0 aliphatic carbocycles. The SMILES string of the molecule is COCCn1cc2c(Cl)c(Br)ccc2n1.Clc1c(Br)ccc2[nH]ncc12. The molecule has 0 unspecified atom stereocenters. The van der Waals surface area contributed by atoms with Crippen molar-refractivity contribution >= 4 is 76.9 Å². The van der Waals surface area contributed by atoms with E-state index in [0.717, 1.165) is 37.3 Å². The van der Waals surface area contributed by atoms with Crippen molar-refractivity contribution in [2.45, 2.75) is 6.54 Å². The van der Waals surface area contributed by atoms with Crippen molar-refractivity contribution in [2.75, 3.05) is 13.7 Å². The van der Waals surface area contributed by atoms with Gasteiger partial charge in [0.15, 0.2) is 0 Å². The Morgan fingerprint density at radius 2 is 1.77 bits per heavy atom. The van der Waals surface area contributed by atoms with E-state index in [1.807, 2.05) is 35.1 Å². The molecule has 0 saturated carbocycles. The number of nitrogens with one attached hydrogen (secondary N) is 1. The van der Waals surface area contributed by atoms with Crippen LogP contribution >= 0.6 is 55.1 Å². The van der Waals surface area contributed by atoms with E-state index in [1.54, 1.807) is 13.3 Å². The predicted molar refractivity (Wildman–Crippen MR) is 113 cm³/mol. The van der Waals surface area contributed by atoms with Gasteiger partial charge in [-0.25, -0.2) is 0 Å². The number of ether oxygens (including phenoxy) is 1. The largest absolute Gasteiger partial charge is 0.383 e. The predicted octanol–water partition coefficient (Wildman–Crippen LogP) is 6.08. The van der Waals surface area contributed by atoms with Crippen LogP contribution in [0, 0.1) is 0 Å². The third kappa shape index (κ3) is 4.23. The van der Waals surface area contributed by atoms with E-state index in [9.17, 15) is 0 Å². The van der Waals surface area contributed by atoms with E-state index in [0.29, 0.717) is 16.7 Å². The summed E-state index contributed by atoms with van der Waals surface area (Å²) < 4.78 is 8.62. The molecule has 2 heterocycles. The summed E-state index contributed by atoms with van der Waals surface area (Å²) >= 11 is 18.8.